The SMILES string of the molecule is CCCC(C)C(=O)[C@H](Cc1cccc(-c2ccc(CNC(C)=O)cc2)c1)NC(=O)C(C)C. The van der Waals surface area contributed by atoms with E-state index in [0.29, 0.717) is 13.0 Å². The second-order valence-corrected chi connectivity index (χ2v) is 8.82. The highest BCUT2D eigenvalue weighted by molar-refractivity contribution is 5.91. The second kappa shape index (κ2) is 12.2. The first-order valence-electron chi connectivity index (χ1n) is 11.5. The number of ketones is 1. The minimum atomic E-state index is -0.526. The summed E-state index contributed by atoms with van der Waals surface area (Å²) in [5.41, 5.74) is 4.16. The van der Waals surface area contributed by atoms with E-state index < -0.39 is 6.04 Å². The highest BCUT2D eigenvalue weighted by Crippen LogP contribution is 2.22. The quantitative estimate of drug-likeness (QED) is 0.537. The maximum absolute atomic E-state index is 13.1. The van der Waals surface area contributed by atoms with Gasteiger partial charge in [-0.15, -0.1) is 0 Å². The van der Waals surface area contributed by atoms with Crippen molar-refractivity contribution in [2.45, 2.75) is 66.5 Å². The van der Waals surface area contributed by atoms with E-state index in [1.807, 2.05) is 63.2 Å². The van der Waals surface area contributed by atoms with Crippen LogP contribution in [0.15, 0.2) is 48.5 Å². The van der Waals surface area contributed by atoms with E-state index in [-0.39, 0.29) is 29.4 Å². The molecule has 172 valence electrons. The number of rotatable bonds is 11. The Labute approximate surface area is 192 Å². The molecule has 5 nitrogen and oxygen atoms in total. The predicted molar refractivity (Wildman–Crippen MR) is 129 cm³/mol. The van der Waals surface area contributed by atoms with Gasteiger partial charge in [-0.2, -0.15) is 0 Å². The monoisotopic (exact) mass is 436 g/mol. The average Bonchev–Trinajstić information content (AvgIpc) is 2.77. The lowest BCUT2D eigenvalue weighted by Gasteiger charge is -2.22. The van der Waals surface area contributed by atoms with Gasteiger partial charge in [0.25, 0.3) is 0 Å². The molecular weight excluding hydrogens is 400 g/mol. The van der Waals surface area contributed by atoms with Crippen molar-refractivity contribution >= 4 is 17.6 Å². The van der Waals surface area contributed by atoms with Crippen molar-refractivity contribution in [3.63, 3.8) is 0 Å². The summed E-state index contributed by atoms with van der Waals surface area (Å²) < 4.78 is 0. The first-order valence-corrected chi connectivity index (χ1v) is 11.5. The van der Waals surface area contributed by atoms with E-state index in [1.54, 1.807) is 0 Å². The van der Waals surface area contributed by atoms with Crippen LogP contribution in [0.4, 0.5) is 0 Å². The van der Waals surface area contributed by atoms with Crippen molar-refractivity contribution in [2.75, 3.05) is 0 Å². The molecular formula is C27H36N2O3. The number of hydrogen-bond acceptors (Lipinski definition) is 3. The molecule has 2 aromatic rings. The molecule has 0 radical (unpaired) electrons. The van der Waals surface area contributed by atoms with Crippen molar-refractivity contribution in [2.24, 2.45) is 11.8 Å². The molecule has 0 aliphatic rings. The molecule has 0 spiro atoms. The Hall–Kier alpha value is -2.95. The Morgan fingerprint density at radius 1 is 0.906 bits per heavy atom. The second-order valence-electron chi connectivity index (χ2n) is 8.82. The Morgan fingerprint density at radius 3 is 2.19 bits per heavy atom. The van der Waals surface area contributed by atoms with Crippen LogP contribution < -0.4 is 10.6 Å². The van der Waals surface area contributed by atoms with E-state index >= 15 is 0 Å². The molecule has 2 atom stereocenters. The zero-order chi connectivity index (χ0) is 23.7. The van der Waals surface area contributed by atoms with Crippen LogP contribution >= 0.6 is 0 Å². The standard InChI is InChI=1S/C27H36N2O3/c1-6-8-19(4)26(31)25(29-27(32)18(2)3)16-22-9-7-10-24(15-22)23-13-11-21(12-14-23)17-28-20(5)30/h7,9-15,18-19,25H,6,8,16-17H2,1-5H3,(H,28,30)(H,29,32)/t19?,25-/m0/s1. The zero-order valence-corrected chi connectivity index (χ0v) is 19.9. The predicted octanol–water partition coefficient (Wildman–Crippen LogP) is 4.68. The summed E-state index contributed by atoms with van der Waals surface area (Å²) in [6, 6.07) is 15.6. The van der Waals surface area contributed by atoms with E-state index in [0.717, 1.165) is 35.1 Å². The molecule has 2 rings (SSSR count). The van der Waals surface area contributed by atoms with Gasteiger partial charge in [-0.25, -0.2) is 0 Å². The maximum atomic E-state index is 13.1. The Bertz CT molecular complexity index is 919. The smallest absolute Gasteiger partial charge is 0.223 e. The number of Topliss-reactive ketones (excluding diaryl/α,β-unsaturated/α-hetero) is 1. The van der Waals surface area contributed by atoms with Crippen LogP contribution in [0.3, 0.4) is 0 Å². The van der Waals surface area contributed by atoms with Gasteiger partial charge in [0.05, 0.1) is 6.04 Å². The van der Waals surface area contributed by atoms with Gasteiger partial charge in [0.15, 0.2) is 5.78 Å². The first kappa shape index (κ1) is 25.3. The average molecular weight is 437 g/mol. The van der Waals surface area contributed by atoms with Crippen molar-refractivity contribution in [1.29, 1.82) is 0 Å². The Balaban J connectivity index is 2.20. The van der Waals surface area contributed by atoms with Gasteiger partial charge in [-0.3, -0.25) is 14.4 Å². The third-order valence-electron chi connectivity index (χ3n) is 5.59. The molecule has 2 amide bonds. The Morgan fingerprint density at radius 2 is 1.59 bits per heavy atom. The van der Waals surface area contributed by atoms with Crippen molar-refractivity contribution in [3.05, 3.63) is 59.7 Å². The number of carbonyl (C=O) groups is 3. The summed E-state index contributed by atoms with van der Waals surface area (Å²) in [5, 5.41) is 5.77. The molecule has 0 bridgehead atoms. The number of nitrogens with one attached hydrogen (secondary N) is 2. The molecule has 32 heavy (non-hydrogen) atoms. The highest BCUT2D eigenvalue weighted by Gasteiger charge is 2.26. The van der Waals surface area contributed by atoms with E-state index in [2.05, 4.69) is 23.6 Å². The number of benzene rings is 2. The summed E-state index contributed by atoms with van der Waals surface area (Å²) in [7, 11) is 0. The first-order chi connectivity index (χ1) is 15.2. The van der Waals surface area contributed by atoms with Crippen LogP contribution in [0.5, 0.6) is 0 Å². The molecule has 5 heteroatoms. The summed E-state index contributed by atoms with van der Waals surface area (Å²) in [6.07, 6.45) is 2.22. The fourth-order valence-corrected chi connectivity index (χ4v) is 3.64. The molecule has 0 heterocycles. The molecule has 0 saturated carbocycles. The molecule has 0 saturated heterocycles. The third kappa shape index (κ3) is 7.63. The molecule has 0 aliphatic heterocycles. The summed E-state index contributed by atoms with van der Waals surface area (Å²) >= 11 is 0. The molecule has 2 N–H and O–H groups in total. The number of hydrogen-bond donors (Lipinski definition) is 2. The fourth-order valence-electron chi connectivity index (χ4n) is 3.64. The van der Waals surface area contributed by atoms with Gasteiger partial charge >= 0.3 is 0 Å². The topological polar surface area (TPSA) is 75.3 Å². The van der Waals surface area contributed by atoms with Crippen molar-refractivity contribution in [1.82, 2.24) is 10.6 Å². The lowest BCUT2D eigenvalue weighted by molar-refractivity contribution is -0.131. The molecule has 0 aliphatic carbocycles. The third-order valence-corrected chi connectivity index (χ3v) is 5.59. The van der Waals surface area contributed by atoms with Crippen LogP contribution in [-0.2, 0) is 27.3 Å². The van der Waals surface area contributed by atoms with E-state index in [9.17, 15) is 14.4 Å². The maximum Gasteiger partial charge on any atom is 0.223 e. The lowest BCUT2D eigenvalue weighted by atomic mass is 9.90. The van der Waals surface area contributed by atoms with Crippen LogP contribution in [0.25, 0.3) is 11.1 Å². The summed E-state index contributed by atoms with van der Waals surface area (Å²) in [5.74, 6) is -0.318. The zero-order valence-electron chi connectivity index (χ0n) is 19.9. The summed E-state index contributed by atoms with van der Waals surface area (Å²) in [4.78, 5) is 36.5. The minimum absolute atomic E-state index is 0.0521. The largest absolute Gasteiger partial charge is 0.352 e. The number of carbonyl (C=O) groups excluding carboxylic acids is 3. The van der Waals surface area contributed by atoms with Gasteiger partial charge < -0.3 is 10.6 Å². The van der Waals surface area contributed by atoms with Gasteiger partial charge in [0, 0.05) is 25.3 Å². The van der Waals surface area contributed by atoms with Crippen molar-refractivity contribution in [3.8, 4) is 11.1 Å². The van der Waals surface area contributed by atoms with Crippen LogP contribution in [0.2, 0.25) is 0 Å². The summed E-state index contributed by atoms with van der Waals surface area (Å²) in [6.45, 7) is 9.69. The van der Waals surface area contributed by atoms with Crippen LogP contribution in [0.1, 0.15) is 58.6 Å². The Kier molecular flexibility index (Phi) is 9.63. The lowest BCUT2D eigenvalue weighted by Crippen LogP contribution is -2.46. The van der Waals surface area contributed by atoms with Crippen LogP contribution in [0, 0.1) is 11.8 Å². The normalized spacial score (nSPS) is 12.8. The van der Waals surface area contributed by atoms with Crippen LogP contribution in [-0.4, -0.2) is 23.6 Å². The minimum Gasteiger partial charge on any atom is -0.352 e. The van der Waals surface area contributed by atoms with Gasteiger partial charge in [-0.05, 0) is 35.1 Å². The van der Waals surface area contributed by atoms with E-state index in [1.165, 1.54) is 6.92 Å². The van der Waals surface area contributed by atoms with Gasteiger partial charge in [-0.1, -0.05) is 82.6 Å². The highest BCUT2D eigenvalue weighted by atomic mass is 16.2. The van der Waals surface area contributed by atoms with Crippen molar-refractivity contribution < 1.29 is 14.4 Å². The molecule has 0 aromatic heterocycles. The van der Waals surface area contributed by atoms with Gasteiger partial charge in [0.2, 0.25) is 11.8 Å². The molecule has 2 aromatic carbocycles. The molecule has 1 unspecified atom stereocenters. The van der Waals surface area contributed by atoms with E-state index in [4.69, 9.17) is 0 Å². The fraction of sp³-hybridized carbons (Fsp3) is 0.444. The number of amides is 2. The molecule has 0 fully saturated rings. The van der Waals surface area contributed by atoms with Gasteiger partial charge in [0.1, 0.15) is 0 Å².